The zero-order chi connectivity index (χ0) is 6.69. The summed E-state index contributed by atoms with van der Waals surface area (Å²) in [4.78, 5) is 0. The first-order valence-corrected chi connectivity index (χ1v) is 4.03. The van der Waals surface area contributed by atoms with Crippen molar-refractivity contribution in [3.63, 3.8) is 0 Å². The highest BCUT2D eigenvalue weighted by Gasteiger charge is 1.93. The number of nitrogens with zero attached hydrogens (tertiary/aromatic N) is 1. The van der Waals surface area contributed by atoms with Gasteiger partial charge >= 0.3 is 0 Å². The molecule has 0 bridgehead atoms. The van der Waals surface area contributed by atoms with E-state index >= 15 is 0 Å². The molecule has 0 fully saturated rings. The maximum absolute atomic E-state index is 5.64. The lowest BCUT2D eigenvalue weighted by Crippen LogP contribution is -2.28. The number of hydrogen-bond acceptors (Lipinski definition) is 0. The zero-order valence-corrected chi connectivity index (χ0v) is 7.06. The molecule has 0 aliphatic rings. The first kappa shape index (κ1) is 7.03. The van der Waals surface area contributed by atoms with E-state index in [0.29, 0.717) is 0 Å². The number of hydrogen-bond donors (Lipinski definition) is 0. The molecule has 1 aromatic heterocycles. The summed E-state index contributed by atoms with van der Waals surface area (Å²) >= 11 is 8.94. The van der Waals surface area contributed by atoms with Crippen LogP contribution in [-0.4, -0.2) is 0 Å². The molecule has 1 rings (SSSR count). The van der Waals surface area contributed by atoms with Crippen LogP contribution in [0, 0.1) is 0 Å². The Morgan fingerprint density at radius 3 is 2.44 bits per heavy atom. The molecule has 0 radical (unpaired) electrons. The molecule has 0 aliphatic carbocycles. The monoisotopic (exact) mass is 206 g/mol. The van der Waals surface area contributed by atoms with E-state index in [9.17, 15) is 0 Å². The van der Waals surface area contributed by atoms with Crippen molar-refractivity contribution in [2.45, 2.75) is 5.45 Å². The van der Waals surface area contributed by atoms with Crippen LogP contribution in [0.15, 0.2) is 24.5 Å². The summed E-state index contributed by atoms with van der Waals surface area (Å²) in [5, 5.41) is 0.771. The van der Waals surface area contributed by atoms with Crippen LogP contribution < -0.4 is 4.57 Å². The van der Waals surface area contributed by atoms with E-state index in [1.54, 1.807) is 0 Å². The lowest BCUT2D eigenvalue weighted by Gasteiger charge is -1.87. The number of alkyl halides is 1. The van der Waals surface area contributed by atoms with Crippen molar-refractivity contribution in [1.82, 2.24) is 0 Å². The van der Waals surface area contributed by atoms with E-state index in [1.807, 2.05) is 29.1 Å². The maximum Gasteiger partial charge on any atom is 0.202 e. The van der Waals surface area contributed by atoms with Crippen LogP contribution in [-0.2, 0) is 5.45 Å². The minimum atomic E-state index is 0.771. The topological polar surface area (TPSA) is 3.88 Å². The Hall–Kier alpha value is -0.0800. The van der Waals surface area contributed by atoms with E-state index in [1.165, 1.54) is 0 Å². The minimum Gasteiger partial charge on any atom is -0.195 e. The Labute approximate surface area is 67.4 Å². The molecule has 0 atom stereocenters. The first-order chi connectivity index (χ1) is 4.33. The summed E-state index contributed by atoms with van der Waals surface area (Å²) < 4.78 is 1.98. The third kappa shape index (κ3) is 1.95. The molecule has 0 N–H and O–H groups in total. The van der Waals surface area contributed by atoms with Gasteiger partial charge < -0.3 is 0 Å². The molecule has 0 aromatic carbocycles. The average Bonchev–Trinajstić information content (AvgIpc) is 1.90. The molecule has 0 unspecified atom stereocenters. The Balaban J connectivity index is 2.88. The molecule has 9 heavy (non-hydrogen) atoms. The number of halogens is 2. The molecular weight excluding hydrogens is 201 g/mol. The largest absolute Gasteiger partial charge is 0.202 e. The molecule has 0 aliphatic heterocycles. The highest BCUT2D eigenvalue weighted by molar-refractivity contribution is 9.08. The van der Waals surface area contributed by atoms with E-state index in [-0.39, 0.29) is 0 Å². The van der Waals surface area contributed by atoms with Gasteiger partial charge in [-0.2, -0.15) is 4.57 Å². The Morgan fingerprint density at radius 2 is 2.00 bits per heavy atom. The lowest BCUT2D eigenvalue weighted by atomic mass is 10.5. The van der Waals surface area contributed by atoms with Crippen molar-refractivity contribution in [2.24, 2.45) is 0 Å². The third-order valence-corrected chi connectivity index (χ3v) is 1.82. The Morgan fingerprint density at radius 1 is 1.44 bits per heavy atom. The normalized spacial score (nSPS) is 9.56. The number of aromatic nitrogens is 1. The maximum atomic E-state index is 5.64. The van der Waals surface area contributed by atoms with Crippen LogP contribution in [0.4, 0.5) is 0 Å². The standard InChI is InChI=1S/C6H6BrClN/c7-5-9-3-1-6(8)2-4-9/h1-4H,5H2/q+1. The Kier molecular flexibility index (Phi) is 2.49. The van der Waals surface area contributed by atoms with E-state index in [2.05, 4.69) is 15.9 Å². The van der Waals surface area contributed by atoms with Crippen molar-refractivity contribution in [2.75, 3.05) is 0 Å². The van der Waals surface area contributed by atoms with Crippen molar-refractivity contribution in [1.29, 1.82) is 0 Å². The van der Waals surface area contributed by atoms with Crippen LogP contribution >= 0.6 is 27.5 Å². The highest BCUT2D eigenvalue weighted by atomic mass is 79.9. The second-order valence-corrected chi connectivity index (χ2v) is 2.59. The molecule has 0 spiro atoms. The van der Waals surface area contributed by atoms with Crippen LogP contribution in [0.2, 0.25) is 5.02 Å². The summed E-state index contributed by atoms with van der Waals surface area (Å²) in [6.45, 7) is 0. The van der Waals surface area contributed by atoms with Gasteiger partial charge in [-0.1, -0.05) is 11.6 Å². The first-order valence-electron chi connectivity index (χ1n) is 2.53. The van der Waals surface area contributed by atoms with Gasteiger partial charge in [0.15, 0.2) is 12.4 Å². The van der Waals surface area contributed by atoms with Gasteiger partial charge in [0.2, 0.25) is 5.45 Å². The lowest BCUT2D eigenvalue weighted by molar-refractivity contribution is -0.674. The summed E-state index contributed by atoms with van der Waals surface area (Å²) in [6.07, 6.45) is 3.83. The average molecular weight is 207 g/mol. The van der Waals surface area contributed by atoms with E-state index in [0.717, 1.165) is 10.5 Å². The smallest absolute Gasteiger partial charge is 0.195 e. The van der Waals surface area contributed by atoms with Crippen LogP contribution in [0.5, 0.6) is 0 Å². The van der Waals surface area contributed by atoms with Crippen molar-refractivity contribution >= 4 is 27.5 Å². The second-order valence-electron chi connectivity index (χ2n) is 1.65. The zero-order valence-electron chi connectivity index (χ0n) is 4.72. The predicted octanol–water partition coefficient (Wildman–Crippen LogP) is 1.98. The fraction of sp³-hybridized carbons (Fsp3) is 0.167. The van der Waals surface area contributed by atoms with Crippen LogP contribution in [0.25, 0.3) is 0 Å². The SMILES string of the molecule is Clc1cc[n+](CBr)cc1. The fourth-order valence-corrected chi connectivity index (χ4v) is 0.966. The number of pyridine rings is 1. The third-order valence-electron chi connectivity index (χ3n) is 0.988. The van der Waals surface area contributed by atoms with Gasteiger partial charge in [0.05, 0.1) is 5.02 Å². The predicted molar refractivity (Wildman–Crippen MR) is 40.6 cm³/mol. The van der Waals surface area contributed by atoms with E-state index in [4.69, 9.17) is 11.6 Å². The number of rotatable bonds is 1. The van der Waals surface area contributed by atoms with E-state index < -0.39 is 0 Å². The van der Waals surface area contributed by atoms with Gasteiger partial charge in [0.1, 0.15) is 0 Å². The molecule has 1 heterocycles. The van der Waals surface area contributed by atoms with Gasteiger partial charge in [-0.15, -0.1) is 0 Å². The van der Waals surface area contributed by atoms with Crippen LogP contribution in [0.3, 0.4) is 0 Å². The van der Waals surface area contributed by atoms with Crippen molar-refractivity contribution in [3.8, 4) is 0 Å². The van der Waals surface area contributed by atoms with Crippen molar-refractivity contribution in [3.05, 3.63) is 29.5 Å². The van der Waals surface area contributed by atoms with Crippen LogP contribution in [0.1, 0.15) is 0 Å². The molecule has 3 heteroatoms. The molecule has 0 amide bonds. The fourth-order valence-electron chi connectivity index (χ4n) is 0.519. The van der Waals surface area contributed by atoms with Gasteiger partial charge in [0.25, 0.3) is 0 Å². The molecule has 1 aromatic rings. The van der Waals surface area contributed by atoms with Crippen molar-refractivity contribution < 1.29 is 4.57 Å². The molecular formula is C6H6BrClN+. The van der Waals surface area contributed by atoms with Gasteiger partial charge in [-0.3, -0.25) is 0 Å². The molecule has 0 saturated heterocycles. The summed E-state index contributed by atoms with van der Waals surface area (Å²) in [5.41, 5.74) is 0.810. The molecule has 1 nitrogen and oxygen atoms in total. The summed E-state index contributed by atoms with van der Waals surface area (Å²) in [5.74, 6) is 0. The Bertz CT molecular complexity index is 185. The summed E-state index contributed by atoms with van der Waals surface area (Å²) in [6, 6.07) is 3.70. The quantitative estimate of drug-likeness (QED) is 0.490. The van der Waals surface area contributed by atoms with Gasteiger partial charge in [-0.25, -0.2) is 0 Å². The van der Waals surface area contributed by atoms with Gasteiger partial charge in [0, 0.05) is 12.1 Å². The van der Waals surface area contributed by atoms with Gasteiger partial charge in [-0.05, 0) is 15.9 Å². The molecule has 0 saturated carbocycles. The highest BCUT2D eigenvalue weighted by Crippen LogP contribution is 2.01. The summed E-state index contributed by atoms with van der Waals surface area (Å²) in [7, 11) is 0. The minimum absolute atomic E-state index is 0.771. The second kappa shape index (κ2) is 3.18. The molecule has 48 valence electrons.